The zero-order chi connectivity index (χ0) is 53.3. The third-order valence-electron chi connectivity index (χ3n) is 10.6. The molecule has 0 aliphatic heterocycles. The molecule has 22 heteroatoms. The van der Waals surface area contributed by atoms with E-state index in [1.165, 1.54) is 119 Å². The average molecular weight is 1010 g/mol. The number of amides is 5. The summed E-state index contributed by atoms with van der Waals surface area (Å²) in [5.74, 6) is -2.82. The molecule has 0 heterocycles. The number of nitrogen functional groups attached to an aromatic ring is 1. The summed E-state index contributed by atoms with van der Waals surface area (Å²) < 4.78 is 38.3. The maximum Gasteiger partial charge on any atom is 0.341 e. The Morgan fingerprint density at radius 1 is 0.365 bits per heavy atom. The summed E-state index contributed by atoms with van der Waals surface area (Å²) >= 11 is 0. The largest absolute Gasteiger partial charge is 0.496 e. The van der Waals surface area contributed by atoms with Gasteiger partial charge in [0.15, 0.2) is 0 Å². The number of hydrogen-bond acceptors (Lipinski definition) is 17. The first kappa shape index (κ1) is 54.0. The Morgan fingerprint density at radius 2 is 0.622 bits per heavy atom. The lowest BCUT2D eigenvalue weighted by atomic mass is 10.1. The second-order valence-electron chi connectivity index (χ2n) is 15.6. The standard InChI is InChI=1S/C52H55N9O13/c1-68-41-11-5-29(56)23-35(41)47(62)57-32-8-14-44(72-20-17-53)38(26-32)50(65)59-30-6-12-42(69-2)36(24-30)48(63)58-33-9-15-45(73-21-18-54)39(27-33)51(66)60-31-7-13-43(70-3)37(25-31)49(64)61-34-10-16-46(74-22-19-55)40(28-34)52(67)71-4/h5-16,23-28H,17-22,53-56H2,1-4H3,(H,57,62)(H,58,63)(H,59,65)(H,60,66)(H,61,64). The molecule has 0 aliphatic carbocycles. The van der Waals surface area contributed by atoms with Crippen LogP contribution in [0.2, 0.25) is 0 Å². The van der Waals surface area contributed by atoms with Gasteiger partial charge >= 0.3 is 5.97 Å². The lowest BCUT2D eigenvalue weighted by molar-refractivity contribution is 0.0595. The van der Waals surface area contributed by atoms with E-state index in [0.29, 0.717) is 5.69 Å². The monoisotopic (exact) mass is 1010 g/mol. The number of benzene rings is 6. The Morgan fingerprint density at radius 3 is 0.919 bits per heavy atom. The van der Waals surface area contributed by atoms with Crippen LogP contribution in [-0.4, -0.2) is 103 Å². The van der Waals surface area contributed by atoms with Crippen molar-refractivity contribution in [2.24, 2.45) is 17.2 Å². The zero-order valence-electron chi connectivity index (χ0n) is 40.8. The molecule has 22 nitrogen and oxygen atoms in total. The van der Waals surface area contributed by atoms with Crippen LogP contribution in [0.1, 0.15) is 62.1 Å². The van der Waals surface area contributed by atoms with Gasteiger partial charge in [0.25, 0.3) is 29.5 Å². The summed E-state index contributed by atoms with van der Waals surface area (Å²) in [5.41, 5.74) is 24.5. The van der Waals surface area contributed by atoms with Gasteiger partial charge in [0.2, 0.25) is 0 Å². The molecule has 0 unspecified atom stereocenters. The van der Waals surface area contributed by atoms with Gasteiger partial charge in [-0.2, -0.15) is 0 Å². The molecule has 6 aromatic rings. The van der Waals surface area contributed by atoms with Crippen molar-refractivity contribution < 1.29 is 61.9 Å². The van der Waals surface area contributed by atoms with E-state index in [0.717, 1.165) is 0 Å². The zero-order valence-corrected chi connectivity index (χ0v) is 40.8. The predicted molar refractivity (Wildman–Crippen MR) is 277 cm³/mol. The van der Waals surface area contributed by atoms with E-state index in [-0.39, 0.29) is 136 Å². The Kier molecular flexibility index (Phi) is 18.7. The number of carbonyl (C=O) groups is 6. The van der Waals surface area contributed by atoms with Crippen LogP contribution in [-0.2, 0) is 4.74 Å². The third kappa shape index (κ3) is 13.5. The van der Waals surface area contributed by atoms with Crippen LogP contribution >= 0.6 is 0 Å². The van der Waals surface area contributed by atoms with Crippen molar-refractivity contribution in [1.29, 1.82) is 0 Å². The molecule has 6 aromatic carbocycles. The van der Waals surface area contributed by atoms with Gasteiger partial charge in [0, 0.05) is 53.8 Å². The minimum Gasteiger partial charge on any atom is -0.496 e. The number of anilines is 6. The minimum absolute atomic E-state index is 0.00195. The Balaban J connectivity index is 1.22. The molecule has 0 saturated carbocycles. The van der Waals surface area contributed by atoms with Crippen molar-refractivity contribution in [2.45, 2.75) is 0 Å². The quantitative estimate of drug-likeness (QED) is 0.0288. The average Bonchev–Trinajstić information content (AvgIpc) is 3.41. The van der Waals surface area contributed by atoms with E-state index in [1.807, 2.05) is 0 Å². The van der Waals surface area contributed by atoms with Crippen molar-refractivity contribution in [1.82, 2.24) is 0 Å². The molecule has 386 valence electrons. The molecule has 74 heavy (non-hydrogen) atoms. The molecule has 0 aliphatic rings. The van der Waals surface area contributed by atoms with Gasteiger partial charge in [-0.3, -0.25) is 24.0 Å². The number of esters is 1. The molecule has 0 radical (unpaired) electrons. The maximum absolute atomic E-state index is 14.1. The molecule has 6 rings (SSSR count). The number of nitrogens with one attached hydrogen (secondary N) is 5. The normalized spacial score (nSPS) is 10.5. The summed E-state index contributed by atoms with van der Waals surface area (Å²) in [7, 11) is 5.36. The molecule has 0 spiro atoms. The van der Waals surface area contributed by atoms with Crippen molar-refractivity contribution in [3.63, 3.8) is 0 Å². The van der Waals surface area contributed by atoms with Crippen LogP contribution in [0.25, 0.3) is 0 Å². The number of hydrogen-bond donors (Lipinski definition) is 9. The van der Waals surface area contributed by atoms with Crippen LogP contribution < -0.4 is 77.9 Å². The van der Waals surface area contributed by atoms with Gasteiger partial charge in [-0.05, 0) is 109 Å². The fourth-order valence-electron chi connectivity index (χ4n) is 7.15. The fraction of sp³-hybridized carbons (Fsp3) is 0.192. The first-order valence-corrected chi connectivity index (χ1v) is 22.6. The van der Waals surface area contributed by atoms with Crippen LogP contribution in [0.3, 0.4) is 0 Å². The van der Waals surface area contributed by atoms with Gasteiger partial charge in [-0.25, -0.2) is 4.79 Å². The molecule has 5 amide bonds. The van der Waals surface area contributed by atoms with Gasteiger partial charge in [-0.1, -0.05) is 0 Å². The van der Waals surface area contributed by atoms with Crippen LogP contribution in [0.15, 0.2) is 109 Å². The summed E-state index contributed by atoms with van der Waals surface area (Å²) in [5, 5.41) is 13.8. The van der Waals surface area contributed by atoms with Crippen LogP contribution in [0.4, 0.5) is 34.1 Å². The SMILES string of the molecule is COC(=O)c1cc(NC(=O)c2cc(NC(=O)c3cc(NC(=O)c4cc(NC(=O)c5cc(NC(=O)c6cc(N)ccc6OC)ccc5OCCN)ccc4OC)ccc3OCCN)ccc2OC)ccc1OCCN. The lowest BCUT2D eigenvalue weighted by Gasteiger charge is -2.16. The molecule has 13 N–H and O–H groups in total. The highest BCUT2D eigenvalue weighted by Crippen LogP contribution is 2.32. The Labute approximate surface area is 424 Å². The van der Waals surface area contributed by atoms with Gasteiger partial charge in [0.05, 0.1) is 56.3 Å². The first-order chi connectivity index (χ1) is 35.7. The molecular weight excluding hydrogens is 959 g/mol. The molecule has 0 fully saturated rings. The van der Waals surface area contributed by atoms with Gasteiger partial charge in [-0.15, -0.1) is 0 Å². The van der Waals surface area contributed by atoms with Crippen molar-refractivity contribution in [2.75, 3.05) is 100 Å². The van der Waals surface area contributed by atoms with E-state index < -0.39 is 35.5 Å². The number of rotatable bonds is 23. The van der Waals surface area contributed by atoms with E-state index in [1.54, 1.807) is 18.2 Å². The van der Waals surface area contributed by atoms with Crippen molar-refractivity contribution in [3.05, 3.63) is 143 Å². The molecule has 0 aromatic heterocycles. The van der Waals surface area contributed by atoms with Crippen LogP contribution in [0.5, 0.6) is 34.5 Å². The van der Waals surface area contributed by atoms with E-state index >= 15 is 0 Å². The van der Waals surface area contributed by atoms with E-state index in [2.05, 4.69) is 26.6 Å². The summed E-state index contributed by atoms with van der Waals surface area (Å²) in [6.45, 7) is 0.742. The number of carbonyl (C=O) groups excluding carboxylic acids is 6. The van der Waals surface area contributed by atoms with E-state index in [9.17, 15) is 28.8 Å². The molecule has 0 bridgehead atoms. The number of methoxy groups -OCH3 is 4. The highest BCUT2D eigenvalue weighted by Gasteiger charge is 2.23. The highest BCUT2D eigenvalue weighted by molar-refractivity contribution is 6.13. The minimum atomic E-state index is -0.698. The third-order valence-corrected chi connectivity index (χ3v) is 10.6. The molecule has 0 atom stereocenters. The summed E-state index contributed by atoms with van der Waals surface area (Å²) in [6, 6.07) is 26.6. The highest BCUT2D eigenvalue weighted by atomic mass is 16.5. The fourth-order valence-corrected chi connectivity index (χ4v) is 7.15. The summed E-state index contributed by atoms with van der Waals surface area (Å²) in [4.78, 5) is 81.6. The number of ether oxygens (including phenoxy) is 7. The Bertz CT molecular complexity index is 3060. The molecular formula is C52H55N9O13. The summed E-state index contributed by atoms with van der Waals surface area (Å²) in [6.07, 6.45) is 0. The second kappa shape index (κ2) is 25.7. The van der Waals surface area contributed by atoms with Gasteiger partial charge < -0.3 is 82.7 Å². The predicted octanol–water partition coefficient (Wildman–Crippen LogP) is 5.36. The Hall–Kier alpha value is -9.38. The second-order valence-corrected chi connectivity index (χ2v) is 15.6. The first-order valence-electron chi connectivity index (χ1n) is 22.6. The molecule has 0 saturated heterocycles. The topological polar surface area (TPSA) is 331 Å². The number of nitrogens with two attached hydrogens (primary N) is 4. The van der Waals surface area contributed by atoms with Gasteiger partial charge in [0.1, 0.15) is 59.9 Å². The van der Waals surface area contributed by atoms with Crippen LogP contribution in [0, 0.1) is 0 Å². The maximum atomic E-state index is 14.1. The smallest absolute Gasteiger partial charge is 0.341 e. The van der Waals surface area contributed by atoms with E-state index in [4.69, 9.17) is 56.1 Å². The van der Waals surface area contributed by atoms with Crippen molar-refractivity contribution in [3.8, 4) is 34.5 Å². The van der Waals surface area contributed by atoms with Crippen molar-refractivity contribution >= 4 is 69.6 Å². The lowest BCUT2D eigenvalue weighted by Crippen LogP contribution is -2.19.